The van der Waals surface area contributed by atoms with Crippen LogP contribution in [0.4, 0.5) is 0 Å². The van der Waals surface area contributed by atoms with Crippen LogP contribution in [0.1, 0.15) is 0 Å². The molecule has 0 saturated heterocycles. The molecular formula is C15H10Cl2N2. The van der Waals surface area contributed by atoms with Crippen molar-refractivity contribution >= 4 is 23.2 Å². The predicted molar refractivity (Wildman–Crippen MR) is 79.0 cm³/mol. The van der Waals surface area contributed by atoms with Gasteiger partial charge >= 0.3 is 0 Å². The van der Waals surface area contributed by atoms with Gasteiger partial charge in [0.05, 0.1) is 22.6 Å². The Labute approximate surface area is 121 Å². The Bertz CT molecular complexity index is 705. The predicted octanol–water partition coefficient (Wildman–Crippen LogP) is 4.85. The summed E-state index contributed by atoms with van der Waals surface area (Å²) in [6, 6.07) is 17.4. The number of halogens is 2. The highest BCUT2D eigenvalue weighted by atomic mass is 35.5. The first-order valence-corrected chi connectivity index (χ1v) is 6.56. The fourth-order valence-corrected chi connectivity index (χ4v) is 2.46. The Kier molecular flexibility index (Phi) is 3.28. The Morgan fingerprint density at radius 2 is 1.68 bits per heavy atom. The molecule has 0 aliphatic carbocycles. The summed E-state index contributed by atoms with van der Waals surface area (Å²) in [6.07, 6.45) is 1.76. The van der Waals surface area contributed by atoms with Gasteiger partial charge in [0.1, 0.15) is 0 Å². The van der Waals surface area contributed by atoms with Crippen LogP contribution in [0.25, 0.3) is 16.9 Å². The highest BCUT2D eigenvalue weighted by molar-refractivity contribution is 6.35. The van der Waals surface area contributed by atoms with Crippen molar-refractivity contribution in [3.05, 3.63) is 70.8 Å². The molecule has 0 atom stereocenters. The molecule has 1 aromatic heterocycles. The molecule has 0 amide bonds. The number of benzene rings is 2. The van der Waals surface area contributed by atoms with Gasteiger partial charge in [0, 0.05) is 10.6 Å². The smallest absolute Gasteiger partial charge is 0.0840 e. The minimum absolute atomic E-state index is 0.577. The summed E-state index contributed by atoms with van der Waals surface area (Å²) in [7, 11) is 0. The summed E-state index contributed by atoms with van der Waals surface area (Å²) in [4.78, 5) is 0. The van der Waals surface area contributed by atoms with E-state index in [-0.39, 0.29) is 0 Å². The fraction of sp³-hybridized carbons (Fsp3) is 0. The molecule has 2 nitrogen and oxygen atoms in total. The van der Waals surface area contributed by atoms with Crippen molar-refractivity contribution in [1.29, 1.82) is 0 Å². The van der Waals surface area contributed by atoms with Gasteiger partial charge in [0.15, 0.2) is 0 Å². The maximum atomic E-state index is 6.24. The van der Waals surface area contributed by atoms with Gasteiger partial charge in [-0.1, -0.05) is 53.5 Å². The average molecular weight is 289 g/mol. The van der Waals surface area contributed by atoms with Crippen molar-refractivity contribution in [2.24, 2.45) is 0 Å². The lowest BCUT2D eigenvalue weighted by Crippen LogP contribution is -1.99. The van der Waals surface area contributed by atoms with E-state index in [4.69, 9.17) is 23.2 Å². The summed E-state index contributed by atoms with van der Waals surface area (Å²) in [5.41, 5.74) is 2.89. The fourth-order valence-electron chi connectivity index (χ4n) is 1.98. The second-order valence-corrected chi connectivity index (χ2v) is 4.93. The highest BCUT2D eigenvalue weighted by Crippen LogP contribution is 2.28. The summed E-state index contributed by atoms with van der Waals surface area (Å²) in [5, 5.41) is 5.53. The van der Waals surface area contributed by atoms with Crippen LogP contribution in [0.3, 0.4) is 0 Å². The van der Waals surface area contributed by atoms with Crippen molar-refractivity contribution in [3.8, 4) is 16.9 Å². The zero-order valence-electron chi connectivity index (χ0n) is 9.92. The van der Waals surface area contributed by atoms with Gasteiger partial charge in [0.25, 0.3) is 0 Å². The Morgan fingerprint density at radius 3 is 2.42 bits per heavy atom. The van der Waals surface area contributed by atoms with Crippen LogP contribution < -0.4 is 0 Å². The molecule has 1 heterocycles. The van der Waals surface area contributed by atoms with Crippen LogP contribution in [-0.2, 0) is 0 Å². The van der Waals surface area contributed by atoms with Crippen LogP contribution in [-0.4, -0.2) is 9.78 Å². The van der Waals surface area contributed by atoms with Gasteiger partial charge in [-0.3, -0.25) is 0 Å². The lowest BCUT2D eigenvalue weighted by molar-refractivity contribution is 0.888. The van der Waals surface area contributed by atoms with Crippen LogP contribution in [0, 0.1) is 0 Å². The van der Waals surface area contributed by atoms with Crippen molar-refractivity contribution in [3.63, 3.8) is 0 Å². The SMILES string of the molecule is Clc1ccc(-n2nccc2-c2ccccc2)c(Cl)c1. The third-order valence-electron chi connectivity index (χ3n) is 2.85. The molecule has 3 rings (SSSR count). The third-order valence-corrected chi connectivity index (χ3v) is 3.39. The van der Waals surface area contributed by atoms with Crippen molar-refractivity contribution in [2.75, 3.05) is 0 Å². The van der Waals surface area contributed by atoms with Crippen LogP contribution >= 0.6 is 23.2 Å². The molecule has 2 aromatic carbocycles. The third kappa shape index (κ3) is 2.37. The van der Waals surface area contributed by atoms with E-state index < -0.39 is 0 Å². The van der Waals surface area contributed by atoms with E-state index in [0.717, 1.165) is 16.9 Å². The van der Waals surface area contributed by atoms with E-state index in [2.05, 4.69) is 5.10 Å². The lowest BCUT2D eigenvalue weighted by atomic mass is 10.1. The van der Waals surface area contributed by atoms with Gasteiger partial charge in [-0.2, -0.15) is 5.10 Å². The molecular weight excluding hydrogens is 279 g/mol. The van der Waals surface area contributed by atoms with E-state index in [9.17, 15) is 0 Å². The summed E-state index contributed by atoms with van der Waals surface area (Å²) in [6.45, 7) is 0. The molecule has 0 radical (unpaired) electrons. The van der Waals surface area contributed by atoms with Gasteiger partial charge < -0.3 is 0 Å². The molecule has 0 fully saturated rings. The zero-order chi connectivity index (χ0) is 13.2. The number of hydrogen-bond acceptors (Lipinski definition) is 1. The quantitative estimate of drug-likeness (QED) is 0.659. The average Bonchev–Trinajstić information content (AvgIpc) is 2.89. The first kappa shape index (κ1) is 12.3. The summed E-state index contributed by atoms with van der Waals surface area (Å²) in [5.74, 6) is 0. The van der Waals surface area contributed by atoms with Crippen LogP contribution in [0.2, 0.25) is 10.0 Å². The molecule has 3 aromatic rings. The van der Waals surface area contributed by atoms with E-state index in [0.29, 0.717) is 10.0 Å². The van der Waals surface area contributed by atoms with E-state index in [1.54, 1.807) is 18.3 Å². The van der Waals surface area contributed by atoms with Crippen LogP contribution in [0.5, 0.6) is 0 Å². The molecule has 0 aliphatic rings. The highest BCUT2D eigenvalue weighted by Gasteiger charge is 2.10. The molecule has 0 saturated carbocycles. The first-order valence-electron chi connectivity index (χ1n) is 5.80. The second-order valence-electron chi connectivity index (χ2n) is 4.09. The van der Waals surface area contributed by atoms with E-state index in [1.165, 1.54) is 0 Å². The van der Waals surface area contributed by atoms with E-state index >= 15 is 0 Å². The Hall–Kier alpha value is -1.77. The molecule has 19 heavy (non-hydrogen) atoms. The minimum atomic E-state index is 0.577. The number of hydrogen-bond donors (Lipinski definition) is 0. The van der Waals surface area contributed by atoms with Crippen LogP contribution in [0.15, 0.2) is 60.8 Å². The Balaban J connectivity index is 2.15. The van der Waals surface area contributed by atoms with Gasteiger partial charge in [0.2, 0.25) is 0 Å². The number of aromatic nitrogens is 2. The van der Waals surface area contributed by atoms with Crippen molar-refractivity contribution in [2.45, 2.75) is 0 Å². The van der Waals surface area contributed by atoms with Crippen molar-refractivity contribution < 1.29 is 0 Å². The topological polar surface area (TPSA) is 17.8 Å². The Morgan fingerprint density at radius 1 is 0.895 bits per heavy atom. The van der Waals surface area contributed by atoms with Gasteiger partial charge in [-0.15, -0.1) is 0 Å². The van der Waals surface area contributed by atoms with Gasteiger partial charge in [-0.05, 0) is 24.3 Å². The molecule has 0 aliphatic heterocycles. The first-order chi connectivity index (χ1) is 9.25. The maximum Gasteiger partial charge on any atom is 0.0840 e. The normalized spacial score (nSPS) is 10.6. The molecule has 0 unspecified atom stereocenters. The number of nitrogens with zero attached hydrogens (tertiary/aromatic N) is 2. The standard InChI is InChI=1S/C15H10Cl2N2/c16-12-6-7-15(13(17)10-12)19-14(8-9-18-19)11-4-2-1-3-5-11/h1-10H. The van der Waals surface area contributed by atoms with E-state index in [1.807, 2.05) is 47.1 Å². The molecule has 94 valence electrons. The number of rotatable bonds is 2. The minimum Gasteiger partial charge on any atom is -0.232 e. The molecule has 4 heteroatoms. The van der Waals surface area contributed by atoms with Crippen molar-refractivity contribution in [1.82, 2.24) is 9.78 Å². The molecule has 0 bridgehead atoms. The van der Waals surface area contributed by atoms with Gasteiger partial charge in [-0.25, -0.2) is 4.68 Å². The monoisotopic (exact) mass is 288 g/mol. The zero-order valence-corrected chi connectivity index (χ0v) is 11.4. The summed E-state index contributed by atoms with van der Waals surface area (Å²) < 4.78 is 1.81. The lowest BCUT2D eigenvalue weighted by Gasteiger charge is -2.09. The maximum absolute atomic E-state index is 6.24. The second kappa shape index (κ2) is 5.08. The molecule has 0 spiro atoms. The largest absolute Gasteiger partial charge is 0.232 e. The summed E-state index contributed by atoms with van der Waals surface area (Å²) >= 11 is 12.2. The molecule has 0 N–H and O–H groups in total.